The Kier molecular flexibility index (Phi) is 4.20. The third-order valence-corrected chi connectivity index (χ3v) is 3.80. The minimum atomic E-state index is -0.00528. The molecule has 5 heteroatoms. The third-order valence-electron chi connectivity index (χ3n) is 3.80. The van der Waals surface area contributed by atoms with Crippen molar-refractivity contribution in [2.45, 2.75) is 38.7 Å². The van der Waals surface area contributed by atoms with E-state index in [9.17, 15) is 0 Å². The third kappa shape index (κ3) is 3.42. The molecule has 2 aromatic rings. The summed E-state index contributed by atoms with van der Waals surface area (Å²) < 4.78 is 11.1. The summed E-state index contributed by atoms with van der Waals surface area (Å²) >= 11 is 0. The van der Waals surface area contributed by atoms with Gasteiger partial charge in [-0.3, -0.25) is 0 Å². The van der Waals surface area contributed by atoms with Gasteiger partial charge in [0.25, 0.3) is 0 Å². The lowest BCUT2D eigenvalue weighted by molar-refractivity contribution is 0.0384. The quantitative estimate of drug-likeness (QED) is 0.792. The smallest absolute Gasteiger partial charge is 0.227 e. The van der Waals surface area contributed by atoms with Crippen LogP contribution in [0.2, 0.25) is 0 Å². The van der Waals surface area contributed by atoms with Gasteiger partial charge in [0.2, 0.25) is 11.7 Å². The molecule has 0 spiro atoms. The number of para-hydroxylation sites is 1. The second-order valence-corrected chi connectivity index (χ2v) is 5.46. The van der Waals surface area contributed by atoms with Crippen LogP contribution >= 0.6 is 0 Å². The normalized spacial score (nSPS) is 16.0. The summed E-state index contributed by atoms with van der Waals surface area (Å²) in [6, 6.07) is 7.86. The first-order chi connectivity index (χ1) is 10.3. The van der Waals surface area contributed by atoms with Gasteiger partial charge in [-0.1, -0.05) is 23.4 Å². The Hall–Kier alpha value is -1.88. The van der Waals surface area contributed by atoms with E-state index < -0.39 is 0 Å². The number of aromatic nitrogens is 2. The molecule has 0 aliphatic heterocycles. The van der Waals surface area contributed by atoms with Gasteiger partial charge in [-0.25, -0.2) is 0 Å². The summed E-state index contributed by atoms with van der Waals surface area (Å²) in [6.45, 7) is 2.67. The van der Waals surface area contributed by atoms with Gasteiger partial charge in [0.15, 0.2) is 0 Å². The van der Waals surface area contributed by atoms with Crippen molar-refractivity contribution in [3.8, 4) is 0 Å². The topological polar surface area (TPSA) is 74.2 Å². The minimum Gasteiger partial charge on any atom is -0.399 e. The van der Waals surface area contributed by atoms with E-state index in [1.54, 1.807) is 0 Å². The van der Waals surface area contributed by atoms with Crippen LogP contribution in [-0.2, 0) is 17.6 Å². The van der Waals surface area contributed by atoms with E-state index in [-0.39, 0.29) is 6.10 Å². The number of benzene rings is 1. The molecule has 5 nitrogen and oxygen atoms in total. The van der Waals surface area contributed by atoms with E-state index >= 15 is 0 Å². The van der Waals surface area contributed by atoms with Crippen LogP contribution in [0.25, 0.3) is 0 Å². The highest BCUT2D eigenvalue weighted by Crippen LogP contribution is 2.42. The highest BCUT2D eigenvalue weighted by Gasteiger charge is 2.36. The van der Waals surface area contributed by atoms with Crippen LogP contribution in [0.5, 0.6) is 0 Å². The number of hydrogen-bond donors (Lipinski definition) is 1. The van der Waals surface area contributed by atoms with Crippen LogP contribution in [0.4, 0.5) is 5.69 Å². The van der Waals surface area contributed by atoms with E-state index in [1.165, 1.54) is 12.8 Å². The van der Waals surface area contributed by atoms with Crippen molar-refractivity contribution in [1.29, 1.82) is 0 Å². The molecule has 1 aromatic carbocycles. The zero-order chi connectivity index (χ0) is 14.7. The fourth-order valence-electron chi connectivity index (χ4n) is 2.49. The van der Waals surface area contributed by atoms with Crippen molar-refractivity contribution in [3.63, 3.8) is 0 Å². The van der Waals surface area contributed by atoms with Gasteiger partial charge in [0.1, 0.15) is 6.10 Å². The number of aryl methyl sites for hydroxylation is 2. The van der Waals surface area contributed by atoms with Crippen LogP contribution in [0.15, 0.2) is 28.8 Å². The molecule has 1 aliphatic carbocycles. The Morgan fingerprint density at radius 1 is 1.33 bits per heavy atom. The van der Waals surface area contributed by atoms with Gasteiger partial charge < -0.3 is 15.0 Å². The molecule has 112 valence electrons. The molecule has 1 atom stereocenters. The first-order valence-electron chi connectivity index (χ1n) is 7.55. The average Bonchev–Trinajstić information content (AvgIpc) is 3.22. The van der Waals surface area contributed by atoms with Crippen molar-refractivity contribution in [1.82, 2.24) is 10.1 Å². The molecule has 1 aliphatic rings. The summed E-state index contributed by atoms with van der Waals surface area (Å²) in [4.78, 5) is 4.49. The van der Waals surface area contributed by atoms with Gasteiger partial charge in [0, 0.05) is 18.7 Å². The summed E-state index contributed by atoms with van der Waals surface area (Å²) in [5, 5.41) is 4.09. The van der Waals surface area contributed by atoms with Crippen molar-refractivity contribution >= 4 is 5.69 Å². The maximum Gasteiger partial charge on any atom is 0.227 e. The van der Waals surface area contributed by atoms with Crippen molar-refractivity contribution < 1.29 is 9.26 Å². The van der Waals surface area contributed by atoms with Crippen LogP contribution in [0.1, 0.15) is 43.1 Å². The number of rotatable bonds is 7. The van der Waals surface area contributed by atoms with E-state index in [1.807, 2.05) is 31.2 Å². The second kappa shape index (κ2) is 6.26. The highest BCUT2D eigenvalue weighted by molar-refractivity contribution is 5.46. The molecule has 2 N–H and O–H groups in total. The van der Waals surface area contributed by atoms with Gasteiger partial charge in [-0.2, -0.15) is 4.98 Å². The van der Waals surface area contributed by atoms with Crippen LogP contribution < -0.4 is 5.73 Å². The van der Waals surface area contributed by atoms with E-state index in [0.717, 1.165) is 17.7 Å². The van der Waals surface area contributed by atoms with Crippen molar-refractivity contribution in [3.05, 3.63) is 41.5 Å². The zero-order valence-electron chi connectivity index (χ0n) is 12.3. The molecular formula is C16H21N3O2. The molecule has 1 fully saturated rings. The average molecular weight is 287 g/mol. The predicted octanol–water partition coefficient (Wildman–Crippen LogP) is 2.92. The summed E-state index contributed by atoms with van der Waals surface area (Å²) in [5.41, 5.74) is 7.86. The number of ether oxygens (including phenoxy) is 1. The van der Waals surface area contributed by atoms with Gasteiger partial charge >= 0.3 is 0 Å². The van der Waals surface area contributed by atoms with Crippen molar-refractivity contribution in [2.24, 2.45) is 5.92 Å². The molecule has 0 amide bonds. The van der Waals surface area contributed by atoms with E-state index in [2.05, 4.69) is 10.1 Å². The number of nitrogens with two attached hydrogens (primary N) is 1. The fourth-order valence-corrected chi connectivity index (χ4v) is 2.49. The zero-order valence-corrected chi connectivity index (χ0v) is 12.3. The number of hydrogen-bond acceptors (Lipinski definition) is 5. The van der Waals surface area contributed by atoms with Crippen LogP contribution in [0.3, 0.4) is 0 Å². The Morgan fingerprint density at radius 3 is 2.86 bits per heavy atom. The largest absolute Gasteiger partial charge is 0.399 e. The Bertz CT molecular complexity index is 593. The summed E-state index contributed by atoms with van der Waals surface area (Å²) in [6.07, 6.45) is 3.88. The van der Waals surface area contributed by atoms with E-state index in [4.69, 9.17) is 15.0 Å². The molecular weight excluding hydrogens is 266 g/mol. The van der Waals surface area contributed by atoms with Crippen LogP contribution in [-0.4, -0.2) is 16.7 Å². The lowest BCUT2D eigenvalue weighted by Gasteiger charge is -2.11. The number of nitrogen functional groups attached to an aromatic ring is 1. The maximum absolute atomic E-state index is 5.94. The monoisotopic (exact) mass is 287 g/mol. The van der Waals surface area contributed by atoms with Gasteiger partial charge in [-0.15, -0.1) is 0 Å². The predicted molar refractivity (Wildman–Crippen MR) is 79.7 cm³/mol. The van der Waals surface area contributed by atoms with Gasteiger partial charge in [-0.05, 0) is 43.7 Å². The minimum absolute atomic E-state index is 0.00528. The molecule has 3 rings (SSSR count). The molecule has 0 bridgehead atoms. The number of nitrogens with zero attached hydrogens (tertiary/aromatic N) is 2. The highest BCUT2D eigenvalue weighted by atomic mass is 16.5. The summed E-state index contributed by atoms with van der Waals surface area (Å²) in [7, 11) is 0. The lowest BCUT2D eigenvalue weighted by Crippen LogP contribution is -2.08. The molecule has 1 aromatic heterocycles. The Morgan fingerprint density at radius 2 is 2.14 bits per heavy atom. The first kappa shape index (κ1) is 14.1. The Balaban J connectivity index is 1.63. The summed E-state index contributed by atoms with van der Waals surface area (Å²) in [5.74, 6) is 1.90. The molecule has 1 unspecified atom stereocenters. The SMILES string of the molecule is CCOC(c1noc(CCc2ccccc2N)n1)C1CC1. The van der Waals surface area contributed by atoms with Gasteiger partial charge in [0.05, 0.1) is 0 Å². The Labute approximate surface area is 124 Å². The molecule has 0 saturated heterocycles. The first-order valence-corrected chi connectivity index (χ1v) is 7.55. The van der Waals surface area contributed by atoms with Crippen LogP contribution in [0, 0.1) is 5.92 Å². The standard InChI is InChI=1S/C16H21N3O2/c1-2-20-15(12-7-8-12)16-18-14(21-19-16)10-9-11-5-3-4-6-13(11)17/h3-6,12,15H,2,7-10,17H2,1H3. The molecule has 0 radical (unpaired) electrons. The number of anilines is 1. The molecule has 1 heterocycles. The fraction of sp³-hybridized carbons (Fsp3) is 0.500. The van der Waals surface area contributed by atoms with E-state index in [0.29, 0.717) is 30.7 Å². The second-order valence-electron chi connectivity index (χ2n) is 5.46. The lowest BCUT2D eigenvalue weighted by atomic mass is 10.1. The van der Waals surface area contributed by atoms with Crippen molar-refractivity contribution in [2.75, 3.05) is 12.3 Å². The molecule has 1 saturated carbocycles. The molecule has 21 heavy (non-hydrogen) atoms. The maximum atomic E-state index is 5.94.